The van der Waals surface area contributed by atoms with E-state index in [4.69, 9.17) is 10.5 Å². The highest BCUT2D eigenvalue weighted by Crippen LogP contribution is 2.45. The third-order valence-corrected chi connectivity index (χ3v) is 4.29. The number of ether oxygens (including phenoxy) is 1. The summed E-state index contributed by atoms with van der Waals surface area (Å²) in [5.74, 6) is 1.69. The fraction of sp³-hybridized carbons (Fsp3) is 0.632. The van der Waals surface area contributed by atoms with Gasteiger partial charge >= 0.3 is 0 Å². The normalized spacial score (nSPS) is 17.3. The molecule has 0 aromatic heterocycles. The number of fused-ring (bicyclic) bond motifs is 1. The summed E-state index contributed by atoms with van der Waals surface area (Å²) in [5, 5.41) is 0. The van der Waals surface area contributed by atoms with E-state index in [0.29, 0.717) is 5.84 Å². The Labute approximate surface area is 135 Å². The Morgan fingerprint density at radius 2 is 2.00 bits per heavy atom. The Hall–Kier alpha value is -1.51. The minimum absolute atomic E-state index is 0.0181. The summed E-state index contributed by atoms with van der Waals surface area (Å²) in [7, 11) is 0. The molecule has 22 heavy (non-hydrogen) atoms. The van der Waals surface area contributed by atoms with Gasteiger partial charge in [-0.15, -0.1) is 0 Å². The average molecular weight is 302 g/mol. The van der Waals surface area contributed by atoms with Crippen molar-refractivity contribution in [2.75, 3.05) is 13.2 Å². The summed E-state index contributed by atoms with van der Waals surface area (Å²) < 4.78 is 6.02. The van der Waals surface area contributed by atoms with Crippen molar-refractivity contribution in [2.45, 2.75) is 65.2 Å². The van der Waals surface area contributed by atoms with Crippen molar-refractivity contribution in [3.8, 4) is 5.75 Å². The molecule has 0 aliphatic carbocycles. The van der Waals surface area contributed by atoms with Gasteiger partial charge in [-0.25, -0.2) is 0 Å². The lowest BCUT2D eigenvalue weighted by molar-refractivity contribution is 0.286. The fourth-order valence-electron chi connectivity index (χ4n) is 2.77. The maximum atomic E-state index is 6.24. The first-order valence-corrected chi connectivity index (χ1v) is 8.29. The lowest BCUT2D eigenvalue weighted by Crippen LogP contribution is -2.21. The number of hydrogen-bond acceptors (Lipinski definition) is 2. The highest BCUT2D eigenvalue weighted by molar-refractivity contribution is 5.98. The number of unbranched alkanes of at least 4 members (excludes halogenated alkanes) is 1. The maximum Gasteiger partial charge on any atom is 0.126 e. The molecule has 1 aromatic rings. The SMILES string of the molecule is CCCCN=C(N)c1cc(C(C)(C)C)c2c(c1)C(C)(C)CO2. The molecule has 1 aliphatic heterocycles. The molecular formula is C19H30N2O. The van der Waals surface area contributed by atoms with Crippen LogP contribution < -0.4 is 10.5 Å². The Kier molecular flexibility index (Phi) is 4.55. The van der Waals surface area contributed by atoms with E-state index in [1.807, 2.05) is 0 Å². The molecule has 1 aliphatic rings. The molecule has 0 radical (unpaired) electrons. The van der Waals surface area contributed by atoms with Gasteiger partial charge in [-0.1, -0.05) is 48.0 Å². The lowest BCUT2D eigenvalue weighted by atomic mass is 9.79. The van der Waals surface area contributed by atoms with E-state index in [1.54, 1.807) is 0 Å². The number of nitrogens with two attached hydrogens (primary N) is 1. The minimum Gasteiger partial charge on any atom is -0.492 e. The highest BCUT2D eigenvalue weighted by atomic mass is 16.5. The van der Waals surface area contributed by atoms with Crippen LogP contribution in [0.3, 0.4) is 0 Å². The van der Waals surface area contributed by atoms with E-state index in [9.17, 15) is 0 Å². The molecule has 0 saturated carbocycles. The molecule has 1 heterocycles. The summed E-state index contributed by atoms with van der Waals surface area (Å²) in [5.41, 5.74) is 9.78. The topological polar surface area (TPSA) is 47.6 Å². The molecule has 0 spiro atoms. The van der Waals surface area contributed by atoms with Crippen LogP contribution >= 0.6 is 0 Å². The van der Waals surface area contributed by atoms with Crippen LogP contribution in [0.4, 0.5) is 0 Å². The van der Waals surface area contributed by atoms with Crippen LogP contribution in [0, 0.1) is 0 Å². The van der Waals surface area contributed by atoms with E-state index in [0.717, 1.165) is 37.3 Å². The van der Waals surface area contributed by atoms with E-state index in [1.165, 1.54) is 11.1 Å². The van der Waals surface area contributed by atoms with E-state index >= 15 is 0 Å². The molecule has 0 amide bonds. The quantitative estimate of drug-likeness (QED) is 0.516. The Bertz CT molecular complexity index is 580. The highest BCUT2D eigenvalue weighted by Gasteiger charge is 2.36. The molecule has 3 heteroatoms. The van der Waals surface area contributed by atoms with Gasteiger partial charge in [-0.2, -0.15) is 0 Å². The first-order valence-electron chi connectivity index (χ1n) is 8.29. The van der Waals surface area contributed by atoms with Crippen molar-refractivity contribution in [1.82, 2.24) is 0 Å². The van der Waals surface area contributed by atoms with Gasteiger partial charge in [0.25, 0.3) is 0 Å². The Morgan fingerprint density at radius 3 is 2.59 bits per heavy atom. The molecule has 0 fully saturated rings. The number of hydrogen-bond donors (Lipinski definition) is 1. The van der Waals surface area contributed by atoms with Gasteiger partial charge in [0.1, 0.15) is 11.6 Å². The van der Waals surface area contributed by atoms with Crippen LogP contribution in [0.5, 0.6) is 5.75 Å². The monoisotopic (exact) mass is 302 g/mol. The third-order valence-electron chi connectivity index (χ3n) is 4.29. The molecule has 1 aromatic carbocycles. The molecule has 3 nitrogen and oxygen atoms in total. The summed E-state index contributed by atoms with van der Waals surface area (Å²) >= 11 is 0. The van der Waals surface area contributed by atoms with E-state index in [-0.39, 0.29) is 10.8 Å². The fourth-order valence-corrected chi connectivity index (χ4v) is 2.77. The van der Waals surface area contributed by atoms with Crippen molar-refractivity contribution < 1.29 is 4.74 Å². The Morgan fingerprint density at radius 1 is 1.32 bits per heavy atom. The first-order chi connectivity index (χ1) is 10.2. The zero-order valence-corrected chi connectivity index (χ0v) is 14.9. The standard InChI is InChI=1S/C19H30N2O/c1-7-8-9-21-17(20)13-10-14(18(2,3)4)16-15(11-13)19(5,6)12-22-16/h10-11H,7-9,12H2,1-6H3,(H2,20,21). The molecule has 0 atom stereocenters. The van der Waals surface area contributed by atoms with Crippen molar-refractivity contribution in [1.29, 1.82) is 0 Å². The van der Waals surface area contributed by atoms with Gasteiger partial charge in [0.15, 0.2) is 0 Å². The van der Waals surface area contributed by atoms with Crippen LogP contribution in [-0.4, -0.2) is 19.0 Å². The molecule has 0 unspecified atom stereocenters. The zero-order valence-electron chi connectivity index (χ0n) is 14.9. The smallest absolute Gasteiger partial charge is 0.126 e. The zero-order chi connectivity index (χ0) is 16.5. The molecule has 0 bridgehead atoms. The largest absolute Gasteiger partial charge is 0.492 e. The second-order valence-corrected chi connectivity index (χ2v) is 7.94. The van der Waals surface area contributed by atoms with E-state index < -0.39 is 0 Å². The summed E-state index contributed by atoms with van der Waals surface area (Å²) in [4.78, 5) is 4.53. The number of nitrogens with zero attached hydrogens (tertiary/aromatic N) is 1. The van der Waals surface area contributed by atoms with Crippen LogP contribution in [0.2, 0.25) is 0 Å². The summed E-state index contributed by atoms with van der Waals surface area (Å²) in [6.45, 7) is 14.8. The molecule has 0 saturated heterocycles. The number of benzene rings is 1. The van der Waals surface area contributed by atoms with Gasteiger partial charge < -0.3 is 10.5 Å². The first kappa shape index (κ1) is 16.9. The second kappa shape index (κ2) is 5.94. The van der Waals surface area contributed by atoms with E-state index in [2.05, 4.69) is 58.7 Å². The van der Waals surface area contributed by atoms with Gasteiger partial charge in [-0.05, 0) is 24.0 Å². The molecular weight excluding hydrogens is 272 g/mol. The molecule has 2 N–H and O–H groups in total. The van der Waals surface area contributed by atoms with Crippen LogP contribution in [0.1, 0.15) is 71.1 Å². The minimum atomic E-state index is 0.0181. The number of amidine groups is 1. The van der Waals surface area contributed by atoms with Gasteiger partial charge in [-0.3, -0.25) is 4.99 Å². The number of rotatable bonds is 4. The average Bonchev–Trinajstić information content (AvgIpc) is 2.73. The van der Waals surface area contributed by atoms with Crippen LogP contribution in [0.15, 0.2) is 17.1 Å². The second-order valence-electron chi connectivity index (χ2n) is 7.94. The molecule has 122 valence electrons. The van der Waals surface area contributed by atoms with Gasteiger partial charge in [0.05, 0.1) is 6.61 Å². The number of aliphatic imine (C=N–C) groups is 1. The lowest BCUT2D eigenvalue weighted by Gasteiger charge is -2.24. The van der Waals surface area contributed by atoms with Crippen molar-refractivity contribution in [3.63, 3.8) is 0 Å². The van der Waals surface area contributed by atoms with Crippen LogP contribution in [-0.2, 0) is 10.8 Å². The maximum absolute atomic E-state index is 6.24. The predicted octanol–water partition coefficient (Wildman–Crippen LogP) is 4.16. The van der Waals surface area contributed by atoms with Gasteiger partial charge in [0, 0.05) is 28.7 Å². The summed E-state index contributed by atoms with van der Waals surface area (Å²) in [6.07, 6.45) is 2.21. The Balaban J connectivity index is 2.52. The van der Waals surface area contributed by atoms with Crippen LogP contribution in [0.25, 0.3) is 0 Å². The summed E-state index contributed by atoms with van der Waals surface area (Å²) in [6, 6.07) is 4.33. The predicted molar refractivity (Wildman–Crippen MR) is 94.2 cm³/mol. The van der Waals surface area contributed by atoms with Gasteiger partial charge in [0.2, 0.25) is 0 Å². The van der Waals surface area contributed by atoms with Crippen molar-refractivity contribution in [2.24, 2.45) is 10.7 Å². The van der Waals surface area contributed by atoms with Crippen molar-refractivity contribution >= 4 is 5.84 Å². The van der Waals surface area contributed by atoms with Crippen molar-refractivity contribution in [3.05, 3.63) is 28.8 Å². The molecule has 2 rings (SSSR count). The third kappa shape index (κ3) is 3.29.